The van der Waals surface area contributed by atoms with Gasteiger partial charge in [0.1, 0.15) is 5.82 Å². The smallest absolute Gasteiger partial charge is 0.252 e. The summed E-state index contributed by atoms with van der Waals surface area (Å²) < 4.78 is 0. The van der Waals surface area contributed by atoms with Crippen molar-refractivity contribution >= 4 is 11.7 Å². The van der Waals surface area contributed by atoms with Crippen LogP contribution in [0.1, 0.15) is 35.0 Å². The standard InChI is InChI=1S/C14H20N4O/c1-2-18(10-7-16-8-10)14-11(13(15)19)6-9-4-3-5-12(9)17-14/h6,10,16H,2-5,7-8H2,1H3,(H2,15,19). The van der Waals surface area contributed by atoms with Gasteiger partial charge in [-0.2, -0.15) is 0 Å². The molecule has 1 aliphatic heterocycles. The summed E-state index contributed by atoms with van der Waals surface area (Å²) in [5.41, 5.74) is 8.46. The highest BCUT2D eigenvalue weighted by molar-refractivity contribution is 5.98. The molecule has 102 valence electrons. The van der Waals surface area contributed by atoms with Crippen LogP contribution in [-0.4, -0.2) is 36.6 Å². The van der Waals surface area contributed by atoms with E-state index in [2.05, 4.69) is 17.1 Å². The van der Waals surface area contributed by atoms with Gasteiger partial charge in [0, 0.05) is 25.3 Å². The van der Waals surface area contributed by atoms with Gasteiger partial charge in [0.2, 0.25) is 0 Å². The van der Waals surface area contributed by atoms with Gasteiger partial charge in [-0.05, 0) is 37.8 Å². The van der Waals surface area contributed by atoms with Gasteiger partial charge < -0.3 is 16.0 Å². The SMILES string of the molecule is CCN(c1nc2c(cc1C(N)=O)CCC2)C1CNC1. The number of amides is 1. The van der Waals surface area contributed by atoms with Gasteiger partial charge in [0.05, 0.1) is 11.6 Å². The van der Waals surface area contributed by atoms with E-state index in [1.54, 1.807) is 0 Å². The second kappa shape index (κ2) is 4.81. The average Bonchev–Trinajstić information content (AvgIpc) is 2.78. The number of nitrogens with one attached hydrogen (secondary N) is 1. The van der Waals surface area contributed by atoms with Crippen molar-refractivity contribution in [3.63, 3.8) is 0 Å². The molecule has 1 saturated heterocycles. The Morgan fingerprint density at radius 2 is 2.32 bits per heavy atom. The van der Waals surface area contributed by atoms with E-state index in [1.165, 1.54) is 5.56 Å². The molecule has 0 spiro atoms. The molecule has 5 nitrogen and oxygen atoms in total. The van der Waals surface area contributed by atoms with Crippen LogP contribution in [0.15, 0.2) is 6.07 Å². The Labute approximate surface area is 113 Å². The minimum Gasteiger partial charge on any atom is -0.365 e. The number of fused-ring (bicyclic) bond motifs is 1. The molecular formula is C14H20N4O. The number of pyridine rings is 1. The minimum absolute atomic E-state index is 0.372. The van der Waals surface area contributed by atoms with Crippen LogP contribution >= 0.6 is 0 Å². The zero-order valence-corrected chi connectivity index (χ0v) is 11.3. The number of aromatic nitrogens is 1. The third-order valence-corrected chi connectivity index (χ3v) is 4.11. The molecule has 1 aromatic heterocycles. The molecule has 0 unspecified atom stereocenters. The van der Waals surface area contributed by atoms with Crippen LogP contribution in [-0.2, 0) is 12.8 Å². The molecule has 3 rings (SSSR count). The van der Waals surface area contributed by atoms with E-state index >= 15 is 0 Å². The van der Waals surface area contributed by atoms with Crippen molar-refractivity contribution in [2.45, 2.75) is 32.2 Å². The van der Waals surface area contributed by atoms with Crippen molar-refractivity contribution in [2.24, 2.45) is 5.73 Å². The average molecular weight is 260 g/mol. The minimum atomic E-state index is -0.372. The number of aryl methyl sites for hydroxylation is 2. The zero-order chi connectivity index (χ0) is 13.4. The molecule has 0 radical (unpaired) electrons. The van der Waals surface area contributed by atoms with Crippen LogP contribution in [0.4, 0.5) is 5.82 Å². The van der Waals surface area contributed by atoms with E-state index in [1.807, 2.05) is 6.07 Å². The Balaban J connectivity index is 2.04. The Hall–Kier alpha value is -1.62. The molecule has 1 aliphatic carbocycles. The third-order valence-electron chi connectivity index (χ3n) is 4.11. The maximum Gasteiger partial charge on any atom is 0.252 e. The molecule has 1 aromatic rings. The van der Waals surface area contributed by atoms with Crippen LogP contribution in [0, 0.1) is 0 Å². The molecule has 0 atom stereocenters. The van der Waals surface area contributed by atoms with Crippen molar-refractivity contribution in [3.05, 3.63) is 22.9 Å². The van der Waals surface area contributed by atoms with E-state index in [-0.39, 0.29) is 5.91 Å². The lowest BCUT2D eigenvalue weighted by atomic mass is 10.1. The molecule has 2 heterocycles. The molecule has 2 aliphatic rings. The topological polar surface area (TPSA) is 71.2 Å². The van der Waals surface area contributed by atoms with E-state index in [0.29, 0.717) is 11.6 Å². The van der Waals surface area contributed by atoms with Gasteiger partial charge in [-0.1, -0.05) is 0 Å². The summed E-state index contributed by atoms with van der Waals surface area (Å²) in [4.78, 5) is 18.7. The molecule has 0 bridgehead atoms. The highest BCUT2D eigenvalue weighted by atomic mass is 16.1. The predicted molar refractivity (Wildman–Crippen MR) is 74.5 cm³/mol. The molecule has 1 amide bonds. The fraction of sp³-hybridized carbons (Fsp3) is 0.571. The summed E-state index contributed by atoms with van der Waals surface area (Å²) >= 11 is 0. The molecule has 1 fully saturated rings. The van der Waals surface area contributed by atoms with Crippen LogP contribution in [0.25, 0.3) is 0 Å². The Morgan fingerprint density at radius 1 is 1.53 bits per heavy atom. The van der Waals surface area contributed by atoms with Crippen molar-refractivity contribution in [2.75, 3.05) is 24.5 Å². The molecule has 19 heavy (non-hydrogen) atoms. The first-order valence-electron chi connectivity index (χ1n) is 7.00. The van der Waals surface area contributed by atoms with Gasteiger partial charge in [0.25, 0.3) is 5.91 Å². The lowest BCUT2D eigenvalue weighted by Crippen LogP contribution is -2.58. The highest BCUT2D eigenvalue weighted by Crippen LogP contribution is 2.28. The molecular weight excluding hydrogens is 240 g/mol. The number of rotatable bonds is 4. The van der Waals surface area contributed by atoms with Crippen LogP contribution in [0.2, 0.25) is 0 Å². The Bertz CT molecular complexity index is 510. The van der Waals surface area contributed by atoms with Crippen molar-refractivity contribution in [1.82, 2.24) is 10.3 Å². The molecule has 0 aromatic carbocycles. The lowest BCUT2D eigenvalue weighted by Gasteiger charge is -2.39. The summed E-state index contributed by atoms with van der Waals surface area (Å²) in [6.45, 7) is 4.84. The molecule has 5 heteroatoms. The highest BCUT2D eigenvalue weighted by Gasteiger charge is 2.29. The number of primary amides is 1. The Kier molecular flexibility index (Phi) is 3.14. The third kappa shape index (κ3) is 2.08. The maximum atomic E-state index is 11.7. The van der Waals surface area contributed by atoms with Crippen LogP contribution in [0.3, 0.4) is 0 Å². The number of hydrogen-bond donors (Lipinski definition) is 2. The number of likely N-dealkylation sites (N-methyl/N-ethyl adjacent to an activating group) is 1. The largest absolute Gasteiger partial charge is 0.365 e. The van der Waals surface area contributed by atoms with Gasteiger partial charge >= 0.3 is 0 Å². The van der Waals surface area contributed by atoms with Crippen LogP contribution in [0.5, 0.6) is 0 Å². The fourth-order valence-corrected chi connectivity index (χ4v) is 2.94. The number of carbonyl (C=O) groups excluding carboxylic acids is 1. The number of anilines is 1. The zero-order valence-electron chi connectivity index (χ0n) is 11.3. The summed E-state index contributed by atoms with van der Waals surface area (Å²) in [6.07, 6.45) is 3.16. The van der Waals surface area contributed by atoms with Crippen molar-refractivity contribution in [1.29, 1.82) is 0 Å². The fourth-order valence-electron chi connectivity index (χ4n) is 2.94. The summed E-state index contributed by atoms with van der Waals surface area (Å²) in [5, 5.41) is 3.26. The first-order valence-corrected chi connectivity index (χ1v) is 7.00. The van der Waals surface area contributed by atoms with E-state index < -0.39 is 0 Å². The van der Waals surface area contributed by atoms with Crippen molar-refractivity contribution < 1.29 is 4.79 Å². The summed E-state index contributed by atoms with van der Waals surface area (Å²) in [7, 11) is 0. The first kappa shape index (κ1) is 12.4. The maximum absolute atomic E-state index is 11.7. The van der Waals surface area contributed by atoms with Crippen LogP contribution < -0.4 is 16.0 Å². The molecule has 0 saturated carbocycles. The van der Waals surface area contributed by atoms with Gasteiger partial charge in [0.15, 0.2) is 0 Å². The number of carbonyl (C=O) groups is 1. The van der Waals surface area contributed by atoms with E-state index in [0.717, 1.165) is 50.4 Å². The second-order valence-electron chi connectivity index (χ2n) is 5.28. The number of nitrogens with two attached hydrogens (primary N) is 1. The van der Waals surface area contributed by atoms with Crippen molar-refractivity contribution in [3.8, 4) is 0 Å². The lowest BCUT2D eigenvalue weighted by molar-refractivity contribution is 0.1000. The number of nitrogens with zero attached hydrogens (tertiary/aromatic N) is 2. The van der Waals surface area contributed by atoms with E-state index in [9.17, 15) is 4.79 Å². The summed E-state index contributed by atoms with van der Waals surface area (Å²) in [5.74, 6) is 0.407. The van der Waals surface area contributed by atoms with Gasteiger partial charge in [-0.15, -0.1) is 0 Å². The van der Waals surface area contributed by atoms with Gasteiger partial charge in [-0.3, -0.25) is 4.79 Å². The monoisotopic (exact) mass is 260 g/mol. The molecule has 3 N–H and O–H groups in total. The second-order valence-corrected chi connectivity index (χ2v) is 5.28. The number of hydrogen-bond acceptors (Lipinski definition) is 4. The normalized spacial score (nSPS) is 17.9. The predicted octanol–water partition coefficient (Wildman–Crippen LogP) is 0.467. The Morgan fingerprint density at radius 3 is 2.89 bits per heavy atom. The van der Waals surface area contributed by atoms with Gasteiger partial charge in [-0.25, -0.2) is 4.98 Å². The first-order chi connectivity index (χ1) is 9.20. The quantitative estimate of drug-likeness (QED) is 0.825. The van der Waals surface area contributed by atoms with E-state index in [4.69, 9.17) is 10.7 Å². The summed E-state index contributed by atoms with van der Waals surface area (Å²) in [6, 6.07) is 2.39.